The summed E-state index contributed by atoms with van der Waals surface area (Å²) < 4.78 is 5.00. The molecule has 5 nitrogen and oxygen atoms in total. The first-order valence-corrected chi connectivity index (χ1v) is 7.19. The van der Waals surface area contributed by atoms with Crippen LogP contribution in [-0.4, -0.2) is 29.2 Å². The lowest BCUT2D eigenvalue weighted by atomic mass is 10.0. The second-order valence-corrected chi connectivity index (χ2v) is 5.26. The van der Waals surface area contributed by atoms with Gasteiger partial charge in [-0.05, 0) is 24.5 Å². The number of carboxylic acid groups (broad SMARTS) is 1. The molecule has 0 aromatic carbocycles. The van der Waals surface area contributed by atoms with Crippen molar-refractivity contribution >= 4 is 5.97 Å². The minimum atomic E-state index is -0.860. The molecule has 1 aromatic rings. The third kappa shape index (κ3) is 3.93. The zero-order chi connectivity index (χ0) is 14.4. The maximum Gasteiger partial charge on any atom is 0.325 e. The third-order valence-electron chi connectivity index (χ3n) is 3.81. The largest absolute Gasteiger partial charge is 0.481 e. The van der Waals surface area contributed by atoms with Crippen LogP contribution in [0, 0.1) is 0 Å². The van der Waals surface area contributed by atoms with Crippen LogP contribution in [0.2, 0.25) is 0 Å². The summed E-state index contributed by atoms with van der Waals surface area (Å²) in [6.45, 7) is 0. The van der Waals surface area contributed by atoms with Crippen molar-refractivity contribution in [2.45, 2.75) is 50.6 Å². The van der Waals surface area contributed by atoms with E-state index < -0.39 is 12.0 Å². The van der Waals surface area contributed by atoms with E-state index >= 15 is 0 Å². The van der Waals surface area contributed by atoms with Gasteiger partial charge in [0.05, 0.1) is 7.11 Å². The first-order chi connectivity index (χ1) is 9.70. The van der Waals surface area contributed by atoms with Gasteiger partial charge in [-0.2, -0.15) is 0 Å². The second-order valence-electron chi connectivity index (χ2n) is 5.26. The Labute approximate surface area is 119 Å². The lowest BCUT2D eigenvalue weighted by Crippen LogP contribution is -2.36. The lowest BCUT2D eigenvalue weighted by molar-refractivity contribution is -0.140. The molecule has 5 heteroatoms. The van der Waals surface area contributed by atoms with E-state index in [0.717, 1.165) is 12.8 Å². The van der Waals surface area contributed by atoms with Crippen LogP contribution in [0.1, 0.15) is 50.1 Å². The summed E-state index contributed by atoms with van der Waals surface area (Å²) in [4.78, 5) is 15.6. The summed E-state index contributed by atoms with van der Waals surface area (Å²) in [6.07, 6.45) is 8.51. The molecule has 0 bridgehead atoms. The fraction of sp³-hybridized carbons (Fsp3) is 0.600. The highest BCUT2D eigenvalue weighted by molar-refractivity contribution is 5.75. The summed E-state index contributed by atoms with van der Waals surface area (Å²) in [5.41, 5.74) is 0.669. The van der Waals surface area contributed by atoms with Crippen LogP contribution in [0.3, 0.4) is 0 Å². The van der Waals surface area contributed by atoms with Gasteiger partial charge in [0, 0.05) is 18.3 Å². The second kappa shape index (κ2) is 7.24. The van der Waals surface area contributed by atoms with Crippen molar-refractivity contribution in [3.05, 3.63) is 23.9 Å². The Kier molecular flexibility index (Phi) is 5.35. The fourth-order valence-corrected chi connectivity index (χ4v) is 2.68. The van der Waals surface area contributed by atoms with Gasteiger partial charge in [0.25, 0.3) is 0 Å². The van der Waals surface area contributed by atoms with Gasteiger partial charge in [-0.1, -0.05) is 25.7 Å². The van der Waals surface area contributed by atoms with Crippen LogP contribution in [0.25, 0.3) is 0 Å². The Balaban J connectivity index is 2.07. The highest BCUT2D eigenvalue weighted by Crippen LogP contribution is 2.22. The van der Waals surface area contributed by atoms with Gasteiger partial charge in [0.2, 0.25) is 5.88 Å². The zero-order valence-electron chi connectivity index (χ0n) is 11.8. The van der Waals surface area contributed by atoms with E-state index in [4.69, 9.17) is 4.74 Å². The average molecular weight is 278 g/mol. The maximum absolute atomic E-state index is 11.5. The van der Waals surface area contributed by atoms with Crippen molar-refractivity contribution in [3.8, 4) is 5.88 Å². The first-order valence-electron chi connectivity index (χ1n) is 7.19. The molecule has 1 aliphatic carbocycles. The predicted octanol–water partition coefficient (Wildman–Crippen LogP) is 2.53. The van der Waals surface area contributed by atoms with E-state index in [1.807, 2.05) is 0 Å². The highest BCUT2D eigenvalue weighted by atomic mass is 16.5. The van der Waals surface area contributed by atoms with Crippen LogP contribution in [0.4, 0.5) is 0 Å². The van der Waals surface area contributed by atoms with E-state index in [2.05, 4.69) is 10.3 Å². The molecule has 0 radical (unpaired) electrons. The number of nitrogens with one attached hydrogen (secondary N) is 1. The van der Waals surface area contributed by atoms with E-state index in [9.17, 15) is 9.90 Å². The molecule has 1 aromatic heterocycles. The molecule has 0 spiro atoms. The van der Waals surface area contributed by atoms with Gasteiger partial charge in [-0.3, -0.25) is 10.1 Å². The van der Waals surface area contributed by atoms with Gasteiger partial charge in [-0.25, -0.2) is 4.98 Å². The van der Waals surface area contributed by atoms with E-state index in [0.29, 0.717) is 11.4 Å². The number of pyridine rings is 1. The number of hydrogen-bond acceptors (Lipinski definition) is 4. The number of aromatic nitrogens is 1. The van der Waals surface area contributed by atoms with E-state index in [-0.39, 0.29) is 6.04 Å². The first kappa shape index (κ1) is 14.8. The molecule has 1 heterocycles. The molecule has 1 fully saturated rings. The van der Waals surface area contributed by atoms with Crippen LogP contribution >= 0.6 is 0 Å². The third-order valence-corrected chi connectivity index (χ3v) is 3.81. The van der Waals surface area contributed by atoms with Crippen molar-refractivity contribution < 1.29 is 14.6 Å². The molecule has 0 saturated heterocycles. The number of rotatable bonds is 5. The molecule has 1 saturated carbocycles. The molecular weight excluding hydrogens is 256 g/mol. The Hall–Kier alpha value is -1.62. The van der Waals surface area contributed by atoms with Crippen LogP contribution in [0.15, 0.2) is 18.3 Å². The number of hydrogen-bond donors (Lipinski definition) is 2. The number of carboxylic acids is 1. The van der Waals surface area contributed by atoms with Crippen LogP contribution < -0.4 is 10.1 Å². The van der Waals surface area contributed by atoms with E-state index in [1.165, 1.54) is 25.7 Å². The van der Waals surface area contributed by atoms with Crippen molar-refractivity contribution in [1.29, 1.82) is 0 Å². The van der Waals surface area contributed by atoms with Crippen molar-refractivity contribution in [2.75, 3.05) is 7.11 Å². The molecule has 0 amide bonds. The molecule has 1 unspecified atom stereocenters. The standard InChI is InChI=1S/C15H22N2O3/c1-20-13-9-8-11(10-16-13)14(15(18)19)17-12-6-4-2-3-5-7-12/h8-10,12,14,17H,2-7H2,1H3,(H,18,19). The zero-order valence-corrected chi connectivity index (χ0v) is 11.8. The molecule has 2 N–H and O–H groups in total. The van der Waals surface area contributed by atoms with Crippen molar-refractivity contribution in [1.82, 2.24) is 10.3 Å². The predicted molar refractivity (Wildman–Crippen MR) is 75.8 cm³/mol. The summed E-state index contributed by atoms with van der Waals surface area (Å²) in [7, 11) is 1.54. The Bertz CT molecular complexity index is 425. The molecule has 2 rings (SSSR count). The van der Waals surface area contributed by atoms with Gasteiger partial charge in [-0.15, -0.1) is 0 Å². The number of carbonyl (C=O) groups is 1. The fourth-order valence-electron chi connectivity index (χ4n) is 2.68. The highest BCUT2D eigenvalue weighted by Gasteiger charge is 2.24. The topological polar surface area (TPSA) is 71.5 Å². The lowest BCUT2D eigenvalue weighted by Gasteiger charge is -2.22. The SMILES string of the molecule is COc1ccc(C(NC2CCCCCC2)C(=O)O)cn1. The normalized spacial score (nSPS) is 18.2. The molecule has 1 aliphatic rings. The summed E-state index contributed by atoms with van der Waals surface area (Å²) in [5.74, 6) is -0.367. The van der Waals surface area contributed by atoms with Gasteiger partial charge >= 0.3 is 5.97 Å². The van der Waals surface area contributed by atoms with Gasteiger partial charge < -0.3 is 9.84 Å². The Morgan fingerprint density at radius 3 is 2.55 bits per heavy atom. The number of methoxy groups -OCH3 is 1. The molecular formula is C15H22N2O3. The molecule has 0 aliphatic heterocycles. The Morgan fingerprint density at radius 2 is 2.05 bits per heavy atom. The van der Waals surface area contributed by atoms with Gasteiger partial charge in [0.1, 0.15) is 6.04 Å². The average Bonchev–Trinajstić information content (AvgIpc) is 2.73. The smallest absolute Gasteiger partial charge is 0.325 e. The number of ether oxygens (including phenoxy) is 1. The van der Waals surface area contributed by atoms with Crippen molar-refractivity contribution in [2.24, 2.45) is 0 Å². The quantitative estimate of drug-likeness (QED) is 0.810. The summed E-state index contributed by atoms with van der Waals surface area (Å²) >= 11 is 0. The van der Waals surface area contributed by atoms with Crippen LogP contribution in [0.5, 0.6) is 5.88 Å². The molecule has 110 valence electrons. The van der Waals surface area contributed by atoms with Gasteiger partial charge in [0.15, 0.2) is 0 Å². The minimum absolute atomic E-state index is 0.278. The molecule has 20 heavy (non-hydrogen) atoms. The monoisotopic (exact) mass is 278 g/mol. The van der Waals surface area contributed by atoms with Crippen molar-refractivity contribution in [3.63, 3.8) is 0 Å². The van der Waals surface area contributed by atoms with Crippen LogP contribution in [-0.2, 0) is 4.79 Å². The minimum Gasteiger partial charge on any atom is -0.481 e. The number of nitrogens with zero attached hydrogens (tertiary/aromatic N) is 1. The maximum atomic E-state index is 11.5. The Morgan fingerprint density at radius 1 is 1.35 bits per heavy atom. The summed E-state index contributed by atoms with van der Waals surface area (Å²) in [6, 6.07) is 3.03. The van der Waals surface area contributed by atoms with E-state index in [1.54, 1.807) is 25.4 Å². The summed E-state index contributed by atoms with van der Waals surface area (Å²) in [5, 5.41) is 12.7. The molecule has 1 atom stereocenters. The number of aliphatic carboxylic acids is 1.